The Morgan fingerprint density at radius 1 is 1.71 bits per heavy atom. The van der Waals surface area contributed by atoms with Crippen LogP contribution in [0.2, 0.25) is 0 Å². The number of esters is 1. The second-order valence-corrected chi connectivity index (χ2v) is 2.82. The van der Waals surface area contributed by atoms with Crippen molar-refractivity contribution in [2.75, 3.05) is 12.3 Å². The highest BCUT2D eigenvalue weighted by Gasteiger charge is 2.02. The Morgan fingerprint density at radius 2 is 2.50 bits per heavy atom. The lowest BCUT2D eigenvalue weighted by atomic mass is 10.3. The van der Waals surface area contributed by atoms with Gasteiger partial charge in [0.15, 0.2) is 5.82 Å². The first-order valence-electron chi connectivity index (χ1n) is 4.53. The Hall–Kier alpha value is -1.59. The number of nitrogens with zero attached hydrogens (tertiary/aromatic N) is 3. The third kappa shape index (κ3) is 3.42. The monoisotopic (exact) mass is 198 g/mol. The highest BCUT2D eigenvalue weighted by molar-refractivity contribution is 5.69. The van der Waals surface area contributed by atoms with Crippen molar-refractivity contribution in [1.82, 2.24) is 15.0 Å². The number of rotatable bonds is 5. The summed E-state index contributed by atoms with van der Waals surface area (Å²) in [5, 5.41) is 7.37. The Labute approximate surface area is 82.0 Å². The summed E-state index contributed by atoms with van der Waals surface area (Å²) >= 11 is 0. The SMILES string of the molecule is CCOC(=O)CCCn1cc(N)nn1. The van der Waals surface area contributed by atoms with Crippen LogP contribution < -0.4 is 5.73 Å². The lowest BCUT2D eigenvalue weighted by molar-refractivity contribution is -0.143. The number of aromatic nitrogens is 3. The minimum atomic E-state index is -0.180. The van der Waals surface area contributed by atoms with Crippen LogP contribution in [0.5, 0.6) is 0 Å². The van der Waals surface area contributed by atoms with Crippen molar-refractivity contribution < 1.29 is 9.53 Å². The van der Waals surface area contributed by atoms with Crippen molar-refractivity contribution in [3.8, 4) is 0 Å². The first-order chi connectivity index (χ1) is 6.72. The molecule has 0 aliphatic carbocycles. The van der Waals surface area contributed by atoms with Crippen LogP contribution in [0.1, 0.15) is 19.8 Å². The van der Waals surface area contributed by atoms with E-state index < -0.39 is 0 Å². The molecule has 1 aromatic rings. The molecule has 2 N–H and O–H groups in total. The second kappa shape index (κ2) is 5.21. The molecular formula is C8H14N4O2. The number of nitrogens with two attached hydrogens (primary N) is 1. The second-order valence-electron chi connectivity index (χ2n) is 2.82. The number of hydrogen-bond acceptors (Lipinski definition) is 5. The normalized spacial score (nSPS) is 10.1. The average molecular weight is 198 g/mol. The number of ether oxygens (including phenoxy) is 1. The van der Waals surface area contributed by atoms with E-state index in [9.17, 15) is 4.79 Å². The Kier molecular flexibility index (Phi) is 3.90. The van der Waals surface area contributed by atoms with Crippen LogP contribution in [0.15, 0.2) is 6.20 Å². The van der Waals surface area contributed by atoms with Gasteiger partial charge in [0.25, 0.3) is 0 Å². The van der Waals surface area contributed by atoms with Gasteiger partial charge in [-0.3, -0.25) is 9.48 Å². The molecule has 0 unspecified atom stereocenters. The molecule has 0 atom stereocenters. The number of carbonyl (C=O) groups excluding carboxylic acids is 1. The third-order valence-corrected chi connectivity index (χ3v) is 1.63. The zero-order valence-corrected chi connectivity index (χ0v) is 8.14. The number of carbonyl (C=O) groups is 1. The fourth-order valence-electron chi connectivity index (χ4n) is 1.04. The molecule has 14 heavy (non-hydrogen) atoms. The van der Waals surface area contributed by atoms with Crippen LogP contribution in [0, 0.1) is 0 Å². The van der Waals surface area contributed by atoms with Crippen LogP contribution in [0.3, 0.4) is 0 Å². The zero-order chi connectivity index (χ0) is 10.4. The van der Waals surface area contributed by atoms with Crippen molar-refractivity contribution in [3.05, 3.63) is 6.20 Å². The molecule has 0 aromatic carbocycles. The van der Waals surface area contributed by atoms with E-state index in [4.69, 9.17) is 10.5 Å². The quantitative estimate of drug-likeness (QED) is 0.683. The van der Waals surface area contributed by atoms with Crippen molar-refractivity contribution in [2.24, 2.45) is 0 Å². The largest absolute Gasteiger partial charge is 0.466 e. The lowest BCUT2D eigenvalue weighted by Crippen LogP contribution is -2.06. The molecule has 6 nitrogen and oxygen atoms in total. The van der Waals surface area contributed by atoms with E-state index in [1.165, 1.54) is 0 Å². The Balaban J connectivity index is 2.18. The maximum atomic E-state index is 10.9. The first kappa shape index (κ1) is 10.5. The van der Waals surface area contributed by atoms with E-state index in [2.05, 4.69) is 10.3 Å². The topological polar surface area (TPSA) is 83.0 Å². The van der Waals surface area contributed by atoms with E-state index in [1.54, 1.807) is 17.8 Å². The van der Waals surface area contributed by atoms with Gasteiger partial charge in [-0.05, 0) is 13.3 Å². The molecule has 0 saturated carbocycles. The van der Waals surface area contributed by atoms with Gasteiger partial charge < -0.3 is 10.5 Å². The average Bonchev–Trinajstić information content (AvgIpc) is 2.52. The van der Waals surface area contributed by atoms with Crippen LogP contribution >= 0.6 is 0 Å². The minimum Gasteiger partial charge on any atom is -0.466 e. The smallest absolute Gasteiger partial charge is 0.305 e. The van der Waals surface area contributed by atoms with Gasteiger partial charge in [0.2, 0.25) is 0 Å². The van der Waals surface area contributed by atoms with Crippen LogP contribution in [-0.4, -0.2) is 27.6 Å². The van der Waals surface area contributed by atoms with Crippen molar-refractivity contribution in [1.29, 1.82) is 0 Å². The summed E-state index contributed by atoms with van der Waals surface area (Å²) in [4.78, 5) is 10.9. The molecule has 0 amide bonds. The summed E-state index contributed by atoms with van der Waals surface area (Å²) in [5.41, 5.74) is 5.37. The van der Waals surface area contributed by atoms with Crippen LogP contribution in [0.25, 0.3) is 0 Å². The van der Waals surface area contributed by atoms with Gasteiger partial charge in [-0.25, -0.2) is 0 Å². The van der Waals surface area contributed by atoms with Gasteiger partial charge in [-0.15, -0.1) is 5.10 Å². The van der Waals surface area contributed by atoms with Crippen molar-refractivity contribution in [2.45, 2.75) is 26.3 Å². The predicted octanol–water partition coefficient (Wildman–Crippen LogP) is 0.204. The van der Waals surface area contributed by atoms with Crippen LogP contribution in [0.4, 0.5) is 5.82 Å². The molecule has 78 valence electrons. The molecule has 0 aliphatic heterocycles. The number of hydrogen-bond donors (Lipinski definition) is 1. The van der Waals surface area contributed by atoms with Gasteiger partial charge >= 0.3 is 5.97 Å². The number of anilines is 1. The zero-order valence-electron chi connectivity index (χ0n) is 8.14. The van der Waals surface area contributed by atoms with E-state index in [0.717, 1.165) is 0 Å². The van der Waals surface area contributed by atoms with E-state index in [-0.39, 0.29) is 5.97 Å². The molecule has 1 rings (SSSR count). The predicted molar refractivity (Wildman–Crippen MR) is 50.3 cm³/mol. The van der Waals surface area contributed by atoms with Crippen LogP contribution in [-0.2, 0) is 16.1 Å². The third-order valence-electron chi connectivity index (χ3n) is 1.63. The van der Waals surface area contributed by atoms with Gasteiger partial charge in [0.05, 0.1) is 12.8 Å². The number of aryl methyl sites for hydroxylation is 1. The molecule has 0 bridgehead atoms. The molecule has 0 radical (unpaired) electrons. The summed E-state index contributed by atoms with van der Waals surface area (Å²) in [7, 11) is 0. The molecule has 0 aliphatic rings. The molecule has 1 aromatic heterocycles. The summed E-state index contributed by atoms with van der Waals surface area (Å²) < 4.78 is 6.38. The highest BCUT2D eigenvalue weighted by atomic mass is 16.5. The minimum absolute atomic E-state index is 0.180. The van der Waals surface area contributed by atoms with E-state index >= 15 is 0 Å². The molecule has 0 spiro atoms. The van der Waals surface area contributed by atoms with Gasteiger partial charge in [-0.2, -0.15) is 0 Å². The lowest BCUT2D eigenvalue weighted by Gasteiger charge is -2.01. The molecule has 0 saturated heterocycles. The fourth-order valence-corrected chi connectivity index (χ4v) is 1.04. The van der Waals surface area contributed by atoms with E-state index in [1.807, 2.05) is 0 Å². The number of nitrogen functional groups attached to an aromatic ring is 1. The van der Waals surface area contributed by atoms with Gasteiger partial charge in [0, 0.05) is 13.0 Å². The first-order valence-corrected chi connectivity index (χ1v) is 4.53. The molecule has 6 heteroatoms. The molecule has 0 fully saturated rings. The standard InChI is InChI=1S/C8H14N4O2/c1-2-14-8(13)4-3-5-12-6-7(9)10-11-12/h6H,2-5,9H2,1H3. The van der Waals surface area contributed by atoms with Crippen molar-refractivity contribution >= 4 is 11.8 Å². The summed E-state index contributed by atoms with van der Waals surface area (Å²) in [6, 6.07) is 0. The van der Waals surface area contributed by atoms with Crippen molar-refractivity contribution in [3.63, 3.8) is 0 Å². The Morgan fingerprint density at radius 3 is 3.07 bits per heavy atom. The summed E-state index contributed by atoms with van der Waals surface area (Å²) in [6.45, 7) is 2.84. The fraction of sp³-hybridized carbons (Fsp3) is 0.625. The van der Waals surface area contributed by atoms with Gasteiger partial charge in [-0.1, -0.05) is 5.21 Å². The maximum absolute atomic E-state index is 10.9. The van der Waals surface area contributed by atoms with Gasteiger partial charge in [0.1, 0.15) is 0 Å². The molecule has 1 heterocycles. The summed E-state index contributed by atoms with van der Waals surface area (Å²) in [5.74, 6) is 0.210. The summed E-state index contributed by atoms with van der Waals surface area (Å²) in [6.07, 6.45) is 2.71. The Bertz CT molecular complexity index is 297. The van der Waals surface area contributed by atoms with E-state index in [0.29, 0.717) is 31.8 Å². The highest BCUT2D eigenvalue weighted by Crippen LogP contribution is 1.98. The maximum Gasteiger partial charge on any atom is 0.305 e. The molecular weight excluding hydrogens is 184 g/mol.